The molecular weight excluding hydrogens is 429 g/mol. The van der Waals surface area contributed by atoms with Crippen LogP contribution in [0.25, 0.3) is 0 Å². The Bertz CT molecular complexity index is 87.8. The maximum absolute atomic E-state index is 9.77. The molecule has 0 rings (SSSR count). The number of hydrogen-bond donors (Lipinski definition) is 0. The number of halogens is 3. The van der Waals surface area contributed by atoms with Crippen LogP contribution in [0.5, 0.6) is 0 Å². The van der Waals surface area contributed by atoms with Crippen LogP contribution in [0.4, 0.5) is 0 Å². The van der Waals surface area contributed by atoms with Crippen LogP contribution >= 0.6 is 47.8 Å². The molecule has 0 saturated carbocycles. The molecule has 8 heavy (non-hydrogen) atoms. The van der Waals surface area contributed by atoms with E-state index < -0.39 is 8.11 Å². The summed E-state index contributed by atoms with van der Waals surface area (Å²) in [5.41, 5.74) is 0. The Morgan fingerprint density at radius 1 is 1.38 bits per heavy atom. The Morgan fingerprint density at radius 3 is 1.50 bits per heavy atom. The topological polar surface area (TPSA) is 40.1 Å². The van der Waals surface area contributed by atoms with Gasteiger partial charge in [-0.25, -0.2) is 0 Å². The first-order valence-electron chi connectivity index (χ1n) is 1.23. The third kappa shape index (κ3) is 7.07. The molecule has 0 bridgehead atoms. The van der Waals surface area contributed by atoms with Crippen molar-refractivity contribution < 1.29 is 78.8 Å². The zero-order valence-corrected chi connectivity index (χ0v) is 15.0. The van der Waals surface area contributed by atoms with Crippen molar-refractivity contribution in [1.29, 1.82) is 0 Å². The fourth-order valence-corrected chi connectivity index (χ4v) is 0. The Morgan fingerprint density at radius 2 is 1.50 bits per heavy atom. The number of carbonyl (C=O) groups excluding carboxylic acids is 1. The van der Waals surface area contributed by atoms with Gasteiger partial charge in [-0.1, -0.05) is 47.8 Å². The van der Waals surface area contributed by atoms with Gasteiger partial charge in [0, 0.05) is 0 Å². The molecule has 0 N–H and O–H groups in total. The predicted octanol–water partition coefficient (Wildman–Crippen LogP) is -2.42. The number of rotatable bonds is 0. The second-order valence-corrected chi connectivity index (χ2v) is 7.55. The third-order valence-corrected chi connectivity index (χ3v) is 1.20. The first-order chi connectivity index (χ1) is 2.94. The number of carboxylic acid groups (broad SMARTS) is 1. The average molecular weight is 429 g/mol. The summed E-state index contributed by atoms with van der Waals surface area (Å²) in [7, 11) is 0. The minimum Gasteiger partial charge on any atom is -0.547 e. The van der Waals surface area contributed by atoms with Gasteiger partial charge in [0.1, 0.15) is 0 Å². The summed E-state index contributed by atoms with van der Waals surface area (Å²) >= 11 is 8.14. The standard InChI is InChI=1S/C2HBr3O2.Cs/c3-2(4,5)1(6)7;/h(H,6,7);/q;+1/p-1. The number of carbonyl (C=O) groups is 1. The van der Waals surface area contributed by atoms with Gasteiger partial charge in [0.2, 0.25) is 0 Å². The molecule has 0 aromatic heterocycles. The van der Waals surface area contributed by atoms with Gasteiger partial charge in [-0.3, -0.25) is 0 Å². The van der Waals surface area contributed by atoms with Crippen molar-refractivity contribution in [3.05, 3.63) is 0 Å². The van der Waals surface area contributed by atoms with Gasteiger partial charge in [0.05, 0.1) is 5.97 Å². The number of hydrogen-bond acceptors (Lipinski definition) is 2. The summed E-state index contributed by atoms with van der Waals surface area (Å²) in [6.07, 6.45) is 0. The Labute approximate surface area is 131 Å². The van der Waals surface area contributed by atoms with Crippen molar-refractivity contribution in [2.24, 2.45) is 0 Å². The van der Waals surface area contributed by atoms with Crippen LogP contribution in [-0.4, -0.2) is 8.11 Å². The molecule has 0 radical (unpaired) electrons. The van der Waals surface area contributed by atoms with Gasteiger partial charge in [-0.2, -0.15) is 0 Å². The zero-order valence-electron chi connectivity index (χ0n) is 3.95. The minimum absolute atomic E-state index is 0. The van der Waals surface area contributed by atoms with E-state index in [1.807, 2.05) is 0 Å². The molecule has 42 valence electrons. The minimum atomic E-state index is -1.26. The van der Waals surface area contributed by atoms with E-state index in [-0.39, 0.29) is 68.9 Å². The second kappa shape index (κ2) is 5.59. The molecule has 0 aliphatic heterocycles. The molecule has 0 spiro atoms. The summed E-state index contributed by atoms with van der Waals surface area (Å²) in [5.74, 6) is -1.26. The Hall–Kier alpha value is 2.96. The monoisotopic (exact) mass is 426 g/mol. The van der Waals surface area contributed by atoms with Crippen molar-refractivity contribution >= 4 is 53.8 Å². The van der Waals surface area contributed by atoms with Crippen LogP contribution < -0.4 is 74.0 Å². The molecule has 0 unspecified atom stereocenters. The van der Waals surface area contributed by atoms with E-state index >= 15 is 0 Å². The van der Waals surface area contributed by atoms with Crippen LogP contribution in [0.3, 0.4) is 0 Å². The van der Waals surface area contributed by atoms with Crippen LogP contribution in [-0.2, 0) is 4.79 Å². The van der Waals surface area contributed by atoms with Crippen LogP contribution in [0.1, 0.15) is 0 Å². The Kier molecular flexibility index (Phi) is 9.47. The molecule has 0 aromatic carbocycles. The molecule has 0 heterocycles. The molecule has 0 fully saturated rings. The van der Waals surface area contributed by atoms with E-state index in [1.54, 1.807) is 0 Å². The van der Waals surface area contributed by atoms with Crippen molar-refractivity contribution in [2.75, 3.05) is 0 Å². The van der Waals surface area contributed by atoms with E-state index in [0.29, 0.717) is 0 Å². The molecule has 2 nitrogen and oxygen atoms in total. The maximum Gasteiger partial charge on any atom is 1.00 e. The molecule has 0 aromatic rings. The first-order valence-corrected chi connectivity index (χ1v) is 3.60. The second-order valence-electron chi connectivity index (χ2n) is 0.785. The quantitative estimate of drug-likeness (QED) is 0.403. The van der Waals surface area contributed by atoms with Gasteiger partial charge >= 0.3 is 68.9 Å². The first kappa shape index (κ1) is 13.5. The zero-order chi connectivity index (χ0) is 6.08. The summed E-state index contributed by atoms with van der Waals surface area (Å²) in [5, 5.41) is 9.77. The van der Waals surface area contributed by atoms with Gasteiger partial charge < -0.3 is 9.90 Å². The van der Waals surface area contributed by atoms with Crippen molar-refractivity contribution in [2.45, 2.75) is 2.14 Å². The largest absolute Gasteiger partial charge is 1.00 e. The van der Waals surface area contributed by atoms with Gasteiger partial charge in [0.15, 0.2) is 2.14 Å². The summed E-state index contributed by atoms with van der Waals surface area (Å²) in [6.45, 7) is 0. The van der Waals surface area contributed by atoms with Crippen molar-refractivity contribution in [3.63, 3.8) is 0 Å². The van der Waals surface area contributed by atoms with E-state index in [9.17, 15) is 9.90 Å². The van der Waals surface area contributed by atoms with Gasteiger partial charge in [-0.05, 0) is 0 Å². The molecule has 6 heteroatoms. The van der Waals surface area contributed by atoms with E-state index in [1.165, 1.54) is 0 Å². The predicted molar refractivity (Wildman–Crippen MR) is 34.5 cm³/mol. The SMILES string of the molecule is O=C([O-])C(Br)(Br)Br.[Cs+]. The molecule has 0 aliphatic carbocycles. The maximum atomic E-state index is 9.77. The van der Waals surface area contributed by atoms with E-state index in [4.69, 9.17) is 0 Å². The molecule has 0 amide bonds. The average Bonchev–Trinajstić information content (AvgIpc) is 1.31. The molecule has 0 aliphatic rings. The van der Waals surface area contributed by atoms with Crippen molar-refractivity contribution in [3.8, 4) is 0 Å². The van der Waals surface area contributed by atoms with E-state index in [2.05, 4.69) is 47.8 Å². The number of carboxylic acids is 1. The fraction of sp³-hybridized carbons (Fsp3) is 0.500. The molecular formula is C2Br3CsO2. The van der Waals surface area contributed by atoms with Gasteiger partial charge in [-0.15, -0.1) is 0 Å². The number of alkyl halides is 3. The molecule has 0 saturated heterocycles. The van der Waals surface area contributed by atoms with Crippen LogP contribution in [0.15, 0.2) is 0 Å². The smallest absolute Gasteiger partial charge is 0.547 e. The summed E-state index contributed by atoms with van der Waals surface area (Å²) in [4.78, 5) is 9.77. The third-order valence-electron chi connectivity index (χ3n) is 0.231. The summed E-state index contributed by atoms with van der Waals surface area (Å²) in [6, 6.07) is 0. The number of aliphatic carboxylic acids is 1. The molecule has 0 atom stereocenters. The van der Waals surface area contributed by atoms with Crippen LogP contribution in [0.2, 0.25) is 0 Å². The van der Waals surface area contributed by atoms with Gasteiger partial charge in [0.25, 0.3) is 0 Å². The fourth-order valence-electron chi connectivity index (χ4n) is 0. The normalized spacial score (nSPS) is 9.88. The Balaban J connectivity index is 0. The summed E-state index contributed by atoms with van der Waals surface area (Å²) < 4.78 is -1.26. The van der Waals surface area contributed by atoms with Crippen LogP contribution in [0, 0.1) is 0 Å². The van der Waals surface area contributed by atoms with E-state index in [0.717, 1.165) is 0 Å². The van der Waals surface area contributed by atoms with Crippen molar-refractivity contribution in [1.82, 2.24) is 0 Å².